The van der Waals surface area contributed by atoms with Gasteiger partial charge in [0.1, 0.15) is 6.10 Å². The molecule has 20 heavy (non-hydrogen) atoms. The molecule has 3 rings (SSSR count). The Bertz CT molecular complexity index is 470. The van der Waals surface area contributed by atoms with Crippen molar-refractivity contribution in [2.45, 2.75) is 44.2 Å². The highest BCUT2D eigenvalue weighted by molar-refractivity contribution is 5.89. The largest absolute Gasteiger partial charge is 0.457 e. The van der Waals surface area contributed by atoms with Crippen LogP contribution in [0, 0.1) is 0 Å². The van der Waals surface area contributed by atoms with Gasteiger partial charge in [-0.15, -0.1) is 0 Å². The molecular formula is C16H22N2O2. The molecule has 2 N–H and O–H groups in total. The number of hydrogen-bond donors (Lipinski definition) is 1. The zero-order chi connectivity index (χ0) is 13.9. The molecular weight excluding hydrogens is 252 g/mol. The second-order valence-corrected chi connectivity index (χ2v) is 5.81. The number of ether oxygens (including phenoxy) is 1. The fourth-order valence-corrected chi connectivity index (χ4v) is 3.37. The monoisotopic (exact) mass is 274 g/mol. The molecule has 0 radical (unpaired) electrons. The number of fused-ring (bicyclic) bond motifs is 1. The summed E-state index contributed by atoms with van der Waals surface area (Å²) in [6, 6.07) is 7.38. The lowest BCUT2D eigenvalue weighted by Gasteiger charge is -2.43. The zero-order valence-corrected chi connectivity index (χ0v) is 11.8. The number of carbonyl (C=O) groups is 1. The van der Waals surface area contributed by atoms with Crippen LogP contribution in [0.5, 0.6) is 0 Å². The quantitative estimate of drug-likeness (QED) is 0.665. The number of carbonyl (C=O) groups excluding carboxylic acids is 1. The molecule has 1 unspecified atom stereocenters. The molecule has 2 saturated heterocycles. The Labute approximate surface area is 119 Å². The number of rotatable bonds is 2. The maximum absolute atomic E-state index is 12.2. The van der Waals surface area contributed by atoms with Crippen LogP contribution in [-0.4, -0.2) is 36.1 Å². The fraction of sp³-hybridized carbons (Fsp3) is 0.562. The molecule has 2 aliphatic heterocycles. The number of esters is 1. The molecule has 2 aliphatic rings. The van der Waals surface area contributed by atoms with Crippen LogP contribution in [0.3, 0.4) is 0 Å². The predicted molar refractivity (Wildman–Crippen MR) is 78.5 cm³/mol. The summed E-state index contributed by atoms with van der Waals surface area (Å²) >= 11 is 0. The third-order valence-electron chi connectivity index (χ3n) is 4.43. The van der Waals surface area contributed by atoms with Gasteiger partial charge in [-0.05, 0) is 63.0 Å². The number of anilines is 1. The van der Waals surface area contributed by atoms with Gasteiger partial charge in [-0.2, -0.15) is 0 Å². The minimum atomic E-state index is -0.220. The van der Waals surface area contributed by atoms with Gasteiger partial charge in [-0.3, -0.25) is 4.90 Å². The lowest BCUT2D eigenvalue weighted by Crippen LogP contribution is -2.51. The molecule has 0 aromatic heterocycles. The summed E-state index contributed by atoms with van der Waals surface area (Å²) in [5, 5.41) is 0. The summed E-state index contributed by atoms with van der Waals surface area (Å²) in [6.07, 6.45) is 5.83. The van der Waals surface area contributed by atoms with Crippen LogP contribution in [-0.2, 0) is 4.74 Å². The lowest BCUT2D eigenvalue weighted by molar-refractivity contribution is -0.0342. The molecule has 1 aromatic rings. The maximum Gasteiger partial charge on any atom is 0.338 e. The standard InChI is InChI=1S/C16H22N2O2/c17-13-8-6-12(7-9-13)16(19)20-15-5-3-11-18-10-2-1-4-14(15)18/h6-9,14-15H,1-5,10-11,17H2/t14?,15-/m1/s1. The highest BCUT2D eigenvalue weighted by atomic mass is 16.5. The van der Waals surface area contributed by atoms with E-state index in [4.69, 9.17) is 10.5 Å². The number of hydrogen-bond acceptors (Lipinski definition) is 4. The van der Waals surface area contributed by atoms with E-state index in [2.05, 4.69) is 4.90 Å². The summed E-state index contributed by atoms with van der Waals surface area (Å²) in [4.78, 5) is 14.7. The first kappa shape index (κ1) is 13.4. The van der Waals surface area contributed by atoms with Crippen molar-refractivity contribution in [1.29, 1.82) is 0 Å². The summed E-state index contributed by atoms with van der Waals surface area (Å²) in [5.74, 6) is -0.220. The van der Waals surface area contributed by atoms with Crippen molar-refractivity contribution in [3.8, 4) is 0 Å². The molecule has 4 heteroatoms. The van der Waals surface area contributed by atoms with Gasteiger partial charge in [0.25, 0.3) is 0 Å². The first-order valence-electron chi connectivity index (χ1n) is 7.54. The Kier molecular flexibility index (Phi) is 3.92. The molecule has 2 heterocycles. The highest BCUT2D eigenvalue weighted by Gasteiger charge is 2.35. The molecule has 0 spiro atoms. The third-order valence-corrected chi connectivity index (χ3v) is 4.43. The van der Waals surface area contributed by atoms with E-state index in [1.54, 1.807) is 24.3 Å². The molecule has 1 aromatic carbocycles. The van der Waals surface area contributed by atoms with Crippen LogP contribution in [0.4, 0.5) is 5.69 Å². The first-order chi connectivity index (χ1) is 9.74. The van der Waals surface area contributed by atoms with Crippen LogP contribution >= 0.6 is 0 Å². The molecule has 0 saturated carbocycles. The van der Waals surface area contributed by atoms with Gasteiger partial charge in [-0.25, -0.2) is 4.79 Å². The van der Waals surface area contributed by atoms with E-state index in [0.29, 0.717) is 17.3 Å². The van der Waals surface area contributed by atoms with Crippen molar-refractivity contribution in [2.24, 2.45) is 0 Å². The average Bonchev–Trinajstić information content (AvgIpc) is 2.48. The molecule has 4 nitrogen and oxygen atoms in total. The van der Waals surface area contributed by atoms with Crippen LogP contribution in [0.1, 0.15) is 42.5 Å². The van der Waals surface area contributed by atoms with Gasteiger partial charge < -0.3 is 10.5 Å². The van der Waals surface area contributed by atoms with E-state index in [9.17, 15) is 4.79 Å². The van der Waals surface area contributed by atoms with E-state index in [1.807, 2.05) is 0 Å². The van der Waals surface area contributed by atoms with Crippen molar-refractivity contribution < 1.29 is 9.53 Å². The van der Waals surface area contributed by atoms with Crippen LogP contribution in [0.25, 0.3) is 0 Å². The molecule has 0 aliphatic carbocycles. The van der Waals surface area contributed by atoms with Crippen LogP contribution < -0.4 is 5.73 Å². The van der Waals surface area contributed by atoms with Crippen molar-refractivity contribution in [3.05, 3.63) is 29.8 Å². The van der Waals surface area contributed by atoms with Gasteiger partial charge >= 0.3 is 5.97 Å². The molecule has 108 valence electrons. The molecule has 0 bridgehead atoms. The number of nitrogens with two attached hydrogens (primary N) is 1. The van der Waals surface area contributed by atoms with E-state index < -0.39 is 0 Å². The molecule has 2 atom stereocenters. The minimum absolute atomic E-state index is 0.0501. The van der Waals surface area contributed by atoms with E-state index in [0.717, 1.165) is 32.4 Å². The topological polar surface area (TPSA) is 55.6 Å². The number of piperidine rings is 2. The van der Waals surface area contributed by atoms with Crippen molar-refractivity contribution in [2.75, 3.05) is 18.8 Å². The van der Waals surface area contributed by atoms with Gasteiger partial charge in [-0.1, -0.05) is 6.42 Å². The predicted octanol–water partition coefficient (Wildman–Crippen LogP) is 2.44. The average molecular weight is 274 g/mol. The van der Waals surface area contributed by atoms with Gasteiger partial charge in [0.05, 0.1) is 5.56 Å². The Morgan fingerprint density at radius 3 is 2.65 bits per heavy atom. The summed E-state index contributed by atoms with van der Waals surface area (Å²) in [6.45, 7) is 2.31. The fourth-order valence-electron chi connectivity index (χ4n) is 3.37. The van der Waals surface area contributed by atoms with Gasteiger partial charge in [0.2, 0.25) is 0 Å². The van der Waals surface area contributed by atoms with E-state index >= 15 is 0 Å². The van der Waals surface area contributed by atoms with Crippen molar-refractivity contribution in [1.82, 2.24) is 4.90 Å². The smallest absolute Gasteiger partial charge is 0.338 e. The lowest BCUT2D eigenvalue weighted by atomic mass is 9.90. The SMILES string of the molecule is Nc1ccc(C(=O)O[C@@H]2CCCN3CCCCC23)cc1. The molecule has 2 fully saturated rings. The highest BCUT2D eigenvalue weighted by Crippen LogP contribution is 2.28. The van der Waals surface area contributed by atoms with Crippen molar-refractivity contribution in [3.63, 3.8) is 0 Å². The van der Waals surface area contributed by atoms with Crippen molar-refractivity contribution >= 4 is 11.7 Å². The Morgan fingerprint density at radius 2 is 1.85 bits per heavy atom. The Hall–Kier alpha value is -1.55. The van der Waals surface area contributed by atoms with Gasteiger partial charge in [0, 0.05) is 11.7 Å². The third kappa shape index (κ3) is 2.80. The second-order valence-electron chi connectivity index (χ2n) is 5.81. The maximum atomic E-state index is 12.2. The first-order valence-corrected chi connectivity index (χ1v) is 7.54. The van der Waals surface area contributed by atoms with Crippen LogP contribution in [0.2, 0.25) is 0 Å². The number of benzene rings is 1. The minimum Gasteiger partial charge on any atom is -0.457 e. The van der Waals surface area contributed by atoms with Crippen LogP contribution in [0.15, 0.2) is 24.3 Å². The van der Waals surface area contributed by atoms with E-state index in [1.165, 1.54) is 12.8 Å². The summed E-state index contributed by atoms with van der Waals surface area (Å²) in [5.41, 5.74) is 6.89. The van der Waals surface area contributed by atoms with E-state index in [-0.39, 0.29) is 12.1 Å². The van der Waals surface area contributed by atoms with Gasteiger partial charge in [0.15, 0.2) is 0 Å². The summed E-state index contributed by atoms with van der Waals surface area (Å²) < 4.78 is 5.77. The zero-order valence-electron chi connectivity index (χ0n) is 11.8. The Balaban J connectivity index is 1.66. The summed E-state index contributed by atoms with van der Waals surface area (Å²) in [7, 11) is 0. The number of nitrogens with zero attached hydrogens (tertiary/aromatic N) is 1. The Morgan fingerprint density at radius 1 is 1.10 bits per heavy atom. The molecule has 0 amide bonds. The normalized spacial score (nSPS) is 26.8. The number of nitrogen functional groups attached to an aromatic ring is 1. The second kappa shape index (κ2) is 5.83.